The van der Waals surface area contributed by atoms with E-state index in [1.807, 2.05) is 13.8 Å². The smallest absolute Gasteiger partial charge is 0.392 e. The predicted octanol–water partition coefficient (Wildman–Crippen LogP) is 14.9. The highest BCUT2D eigenvalue weighted by atomic mass is 16.5. The summed E-state index contributed by atoms with van der Waals surface area (Å²) in [6.45, 7) is 25.5. The Bertz CT molecular complexity index is 3750. The van der Waals surface area contributed by atoms with E-state index in [1.54, 1.807) is 4.57 Å². The molecule has 11 rings (SSSR count). The molecule has 1 unspecified atom stereocenters. The van der Waals surface area contributed by atoms with Crippen LogP contribution >= 0.6 is 0 Å². The Morgan fingerprint density at radius 2 is 1.41 bits per heavy atom. The lowest BCUT2D eigenvalue weighted by atomic mass is 9.80. The van der Waals surface area contributed by atoms with Crippen molar-refractivity contribution in [2.45, 2.75) is 118 Å². The Labute approximate surface area is 392 Å². The molecule has 0 amide bonds. The summed E-state index contributed by atoms with van der Waals surface area (Å²) in [6, 6.07) is 24.4. The minimum Gasteiger partial charge on any atom is -0.392 e. The zero-order chi connectivity index (χ0) is 52.6. The second kappa shape index (κ2) is 14.1. The number of hydrogen-bond acceptors (Lipinski definition) is 1. The maximum Gasteiger partial charge on any atom is 0.499 e. The fourth-order valence-corrected chi connectivity index (χ4v) is 10.6. The molecule has 0 fully saturated rings. The summed E-state index contributed by atoms with van der Waals surface area (Å²) in [7, 11) is 0. The zero-order valence-electron chi connectivity index (χ0n) is 48.0. The number of aromatic nitrogens is 3. The van der Waals surface area contributed by atoms with E-state index in [2.05, 4.69) is 157 Å². The molecule has 3 aliphatic heterocycles. The monoisotopic (exact) mass is 849 g/mol. The molecule has 3 aliphatic rings. The first kappa shape index (κ1) is 31.6. The predicted molar refractivity (Wildman–Crippen MR) is 264 cm³/mol. The van der Waals surface area contributed by atoms with Crippen LogP contribution in [0, 0.1) is 6.92 Å². The molecule has 0 radical (unpaired) electrons. The molecule has 0 aliphatic carbocycles. The highest BCUT2D eigenvalue weighted by Crippen LogP contribution is 2.56. The Hall–Kier alpha value is -6.26. The fourth-order valence-electron chi connectivity index (χ4n) is 10.6. The van der Waals surface area contributed by atoms with Gasteiger partial charge in [-0.05, 0) is 134 Å². The Morgan fingerprint density at radius 3 is 2.09 bits per heavy atom. The number of pyridine rings is 1. The van der Waals surface area contributed by atoms with Crippen LogP contribution < -0.4 is 13.9 Å². The van der Waals surface area contributed by atoms with E-state index in [1.165, 1.54) is 5.56 Å². The minimum atomic E-state index is -1.72. The van der Waals surface area contributed by atoms with Gasteiger partial charge in [0, 0.05) is 24.6 Å². The molecular weight excluding hydrogens is 779 g/mol. The van der Waals surface area contributed by atoms with Crippen molar-refractivity contribution < 1.29 is 26.2 Å². The van der Waals surface area contributed by atoms with Crippen LogP contribution in [0.1, 0.15) is 151 Å². The zero-order valence-corrected chi connectivity index (χ0v) is 39.0. The maximum absolute atomic E-state index is 10.3. The van der Waals surface area contributed by atoms with Crippen LogP contribution in [0.15, 0.2) is 127 Å². The van der Waals surface area contributed by atoms with Crippen molar-refractivity contribution >= 4 is 11.0 Å². The highest BCUT2D eigenvalue weighted by molar-refractivity contribution is 5.98. The van der Waals surface area contributed by atoms with E-state index in [0.29, 0.717) is 16.9 Å². The van der Waals surface area contributed by atoms with Crippen molar-refractivity contribution in [1.82, 2.24) is 4.57 Å². The van der Waals surface area contributed by atoms with Crippen LogP contribution in [0.25, 0.3) is 72.7 Å². The van der Waals surface area contributed by atoms with Crippen LogP contribution in [0.5, 0.6) is 5.75 Å². The van der Waals surface area contributed by atoms with Gasteiger partial charge in [0.1, 0.15) is 18.2 Å². The number of nitrogens with zero attached hydrogens (tertiary/aromatic N) is 3. The summed E-state index contributed by atoms with van der Waals surface area (Å²) < 4.78 is 97.6. The minimum absolute atomic E-state index is 0.0154. The average Bonchev–Trinajstić information content (AvgIpc) is 3.83. The Morgan fingerprint density at radius 1 is 0.688 bits per heavy atom. The topological polar surface area (TPSA) is 21.9 Å². The SMILES string of the molecule is [2H]c1c([2H])c([2H])c(-c2c([2H])c([2H])[n+]3c(c2[2H])-c2cc(C(C)(C)C)cc4c2C32Oc3c(cc(C(C)C)cc3C(C)C)-c3n(-c5ccc(-c6c(C(C)C)cccc6C([2H])(C)C)cc5C)c5cccc-4c5[n+]32)c([2H])c1[2H]. The molecule has 1 atom stereocenters. The Balaban J connectivity index is 1.34. The molecule has 64 heavy (non-hydrogen) atoms. The number of rotatable bonds is 7. The summed E-state index contributed by atoms with van der Waals surface area (Å²) >= 11 is 0. The van der Waals surface area contributed by atoms with E-state index < -0.39 is 53.4 Å². The van der Waals surface area contributed by atoms with Gasteiger partial charge in [0.2, 0.25) is 5.69 Å². The van der Waals surface area contributed by atoms with Crippen molar-refractivity contribution in [3.63, 3.8) is 0 Å². The molecule has 8 aromatic rings. The molecule has 2 aromatic heterocycles. The maximum atomic E-state index is 10.3. The lowest BCUT2D eigenvalue weighted by Gasteiger charge is -2.34. The quantitative estimate of drug-likeness (QED) is 0.146. The van der Waals surface area contributed by atoms with Gasteiger partial charge < -0.3 is 4.74 Å². The molecule has 6 aromatic carbocycles. The van der Waals surface area contributed by atoms with Gasteiger partial charge in [-0.3, -0.25) is 0 Å². The molecular formula is C60H61N3O+2. The van der Waals surface area contributed by atoms with Crippen molar-refractivity contribution in [3.05, 3.63) is 166 Å². The molecule has 0 saturated carbocycles. The van der Waals surface area contributed by atoms with E-state index >= 15 is 0 Å². The van der Waals surface area contributed by atoms with Crippen LogP contribution in [-0.4, -0.2) is 4.57 Å². The molecule has 4 heteroatoms. The summed E-state index contributed by atoms with van der Waals surface area (Å²) in [5, 5.41) is 0. The second-order valence-corrected chi connectivity index (χ2v) is 20.2. The average molecular weight is 849 g/mol. The summed E-state index contributed by atoms with van der Waals surface area (Å²) in [6.07, 6.45) is -0.336. The fraction of sp³-hybridized carbons (Fsp3) is 0.300. The van der Waals surface area contributed by atoms with Gasteiger partial charge in [-0.1, -0.05) is 143 Å². The first-order valence-corrected chi connectivity index (χ1v) is 22.8. The summed E-state index contributed by atoms with van der Waals surface area (Å²) in [4.78, 5) is 0. The third-order valence-corrected chi connectivity index (χ3v) is 13.8. The Kier molecular flexibility index (Phi) is 6.96. The van der Waals surface area contributed by atoms with Crippen molar-refractivity contribution in [2.75, 3.05) is 0 Å². The van der Waals surface area contributed by atoms with Gasteiger partial charge in [-0.15, -0.1) is 9.13 Å². The summed E-state index contributed by atoms with van der Waals surface area (Å²) in [5.41, 5.74) is 14.2. The molecule has 0 N–H and O–H groups in total. The van der Waals surface area contributed by atoms with Crippen LogP contribution in [-0.2, 0) is 11.3 Å². The van der Waals surface area contributed by atoms with Gasteiger partial charge >= 0.3 is 11.7 Å². The first-order valence-electron chi connectivity index (χ1n) is 27.3. The summed E-state index contributed by atoms with van der Waals surface area (Å²) in [5.74, 6) is -0.801. The van der Waals surface area contributed by atoms with Crippen molar-refractivity contribution in [3.8, 4) is 67.5 Å². The first-order chi connectivity index (χ1) is 34.2. The number of fused-ring (bicyclic) bond motifs is 5. The number of para-hydroxylation sites is 1. The molecule has 5 heterocycles. The van der Waals surface area contributed by atoms with Crippen LogP contribution in [0.4, 0.5) is 0 Å². The third-order valence-electron chi connectivity index (χ3n) is 13.8. The normalized spacial score (nSPS) is 17.8. The van der Waals surface area contributed by atoms with Gasteiger partial charge in [0.05, 0.1) is 15.2 Å². The van der Waals surface area contributed by atoms with Gasteiger partial charge in [0.15, 0.2) is 23.0 Å². The van der Waals surface area contributed by atoms with Gasteiger partial charge in [-0.2, -0.15) is 4.57 Å². The van der Waals surface area contributed by atoms with Crippen LogP contribution in [0.2, 0.25) is 0 Å². The van der Waals surface area contributed by atoms with E-state index in [9.17, 15) is 5.48 Å². The second-order valence-electron chi connectivity index (χ2n) is 20.2. The van der Waals surface area contributed by atoms with E-state index in [-0.39, 0.29) is 46.8 Å². The standard InChI is InChI=1S/C60H61N3O/c1-34(2)42-29-47(37(7)8)57-50(30-42)58-62(51-25-24-41(28-38(51)9)54-44(35(3)4)20-16-21-45(54)36(5)6)52-23-17-22-46-48-32-43(59(10,11)12)33-49-53-31-40(39-18-14-13-15-19-39)26-27-61(53)60(64-57,55(48)49)63(58)56(46)52/h13-37H,1-12H3/q+2/i13D,14D,15D,18D,19D,26D,27D,31D,35D. The number of benzene rings is 6. The lowest BCUT2D eigenvalue weighted by Crippen LogP contribution is -2.78. The number of imidazole rings is 1. The van der Waals surface area contributed by atoms with Gasteiger partial charge in [0.25, 0.3) is 0 Å². The highest BCUT2D eigenvalue weighted by Gasteiger charge is 2.69. The lowest BCUT2D eigenvalue weighted by molar-refractivity contribution is -0.997. The number of aryl methyl sites for hydroxylation is 1. The molecule has 0 bridgehead atoms. The van der Waals surface area contributed by atoms with Crippen molar-refractivity contribution in [1.29, 1.82) is 0 Å². The largest absolute Gasteiger partial charge is 0.499 e. The number of ether oxygens (including phenoxy) is 1. The van der Waals surface area contributed by atoms with Gasteiger partial charge in [-0.25, -0.2) is 0 Å². The third kappa shape index (κ3) is 5.60. The number of hydrogen-bond donors (Lipinski definition) is 0. The molecule has 0 saturated heterocycles. The molecule has 1 spiro atoms. The molecule has 4 nitrogen and oxygen atoms in total. The van der Waals surface area contributed by atoms with E-state index in [0.717, 1.165) is 78.2 Å². The van der Waals surface area contributed by atoms with E-state index in [4.69, 9.17) is 11.6 Å². The van der Waals surface area contributed by atoms with Crippen molar-refractivity contribution in [2.24, 2.45) is 0 Å². The molecule has 320 valence electrons. The van der Waals surface area contributed by atoms with Crippen LogP contribution in [0.3, 0.4) is 0 Å².